The molecule has 5 heteroatoms. The molecule has 0 saturated carbocycles. The van der Waals surface area contributed by atoms with Crippen LogP contribution in [0.4, 0.5) is 5.69 Å². The topological polar surface area (TPSA) is 57.6 Å². The van der Waals surface area contributed by atoms with Gasteiger partial charge in [-0.3, -0.25) is 4.79 Å². The number of anilines is 1. The molecular weight excluding hydrogens is 238 g/mol. The van der Waals surface area contributed by atoms with Crippen molar-refractivity contribution in [1.29, 1.82) is 0 Å². The molecule has 2 aromatic carbocycles. The molecule has 17 heavy (non-hydrogen) atoms. The number of benzene rings is 2. The van der Waals surface area contributed by atoms with E-state index in [0.717, 1.165) is 11.1 Å². The van der Waals surface area contributed by atoms with Gasteiger partial charge in [-0.1, -0.05) is 12.1 Å². The van der Waals surface area contributed by atoms with Crippen LogP contribution in [0.3, 0.4) is 0 Å². The van der Waals surface area contributed by atoms with E-state index in [0.29, 0.717) is 15.8 Å². The van der Waals surface area contributed by atoms with E-state index in [4.69, 9.17) is 0 Å². The maximum atomic E-state index is 11.9. The Morgan fingerprint density at radius 1 is 1.24 bits per heavy atom. The Morgan fingerprint density at radius 2 is 2.00 bits per heavy atom. The summed E-state index contributed by atoms with van der Waals surface area (Å²) in [6.45, 7) is 0. The average molecular weight is 247 g/mol. The highest BCUT2D eigenvalue weighted by molar-refractivity contribution is 7.79. The van der Waals surface area contributed by atoms with Crippen molar-refractivity contribution < 1.29 is 13.6 Å². The Morgan fingerprint density at radius 3 is 2.71 bits per heavy atom. The second-order valence-corrected chi connectivity index (χ2v) is 4.86. The number of nitrogens with zero attached hydrogens (tertiary/aromatic N) is 1. The molecule has 1 aliphatic heterocycles. The van der Waals surface area contributed by atoms with Gasteiger partial charge in [0, 0.05) is 23.4 Å². The molecule has 1 aliphatic rings. The van der Waals surface area contributed by atoms with Crippen LogP contribution < -0.4 is 4.90 Å². The molecule has 86 valence electrons. The number of hydrogen-bond donors (Lipinski definition) is 1. The summed E-state index contributed by atoms with van der Waals surface area (Å²) < 4.78 is 20.5. The largest absolute Gasteiger partial charge is 0.311 e. The molecule has 1 N–H and O–H groups in total. The van der Waals surface area contributed by atoms with Crippen LogP contribution in [0.15, 0.2) is 35.2 Å². The summed E-state index contributed by atoms with van der Waals surface area (Å²) >= 11 is -2.04. The summed E-state index contributed by atoms with van der Waals surface area (Å²) in [5, 5.41) is 1.43. The van der Waals surface area contributed by atoms with Crippen molar-refractivity contribution in [2.75, 3.05) is 11.9 Å². The third-order valence-corrected chi connectivity index (χ3v) is 3.80. The molecular formula is C12H9NO3S. The minimum Gasteiger partial charge on any atom is -0.311 e. The van der Waals surface area contributed by atoms with Crippen LogP contribution in [0.5, 0.6) is 0 Å². The lowest BCUT2D eigenvalue weighted by molar-refractivity contribution is 0.0999. The van der Waals surface area contributed by atoms with Gasteiger partial charge < -0.3 is 9.45 Å². The normalized spacial score (nSPS) is 15.6. The van der Waals surface area contributed by atoms with Crippen LogP contribution in [0.25, 0.3) is 10.8 Å². The van der Waals surface area contributed by atoms with Gasteiger partial charge in [-0.15, -0.1) is 0 Å². The van der Waals surface area contributed by atoms with Gasteiger partial charge in [-0.2, -0.15) is 0 Å². The summed E-state index contributed by atoms with van der Waals surface area (Å²) in [5.41, 5.74) is 1.38. The number of carbonyl (C=O) groups excluding carboxylic acids is 1. The Balaban J connectivity index is 2.50. The van der Waals surface area contributed by atoms with Crippen LogP contribution in [0.2, 0.25) is 0 Å². The van der Waals surface area contributed by atoms with Crippen LogP contribution in [-0.4, -0.2) is 21.7 Å². The first-order valence-corrected chi connectivity index (χ1v) is 6.16. The van der Waals surface area contributed by atoms with E-state index in [1.54, 1.807) is 42.3 Å². The number of rotatable bonds is 1. The molecule has 1 heterocycles. The standard InChI is InChI=1S/C12H9NO3S/c1-13-9-5-6-10(17(15)16)7-3-2-4-8(11(7)9)12(13)14/h2-6H,1H3,(H,15,16). The predicted octanol–water partition coefficient (Wildman–Crippen LogP) is 2.01. The second-order valence-electron chi connectivity index (χ2n) is 3.92. The summed E-state index contributed by atoms with van der Waals surface area (Å²) in [4.78, 5) is 13.8. The first-order valence-electron chi connectivity index (χ1n) is 5.06. The number of amides is 1. The zero-order valence-electron chi connectivity index (χ0n) is 9.01. The fourth-order valence-electron chi connectivity index (χ4n) is 2.26. The van der Waals surface area contributed by atoms with Crippen molar-refractivity contribution >= 4 is 33.4 Å². The lowest BCUT2D eigenvalue weighted by atomic mass is 10.1. The van der Waals surface area contributed by atoms with Gasteiger partial charge in [0.25, 0.3) is 5.91 Å². The van der Waals surface area contributed by atoms with E-state index in [1.165, 1.54) is 0 Å². The summed E-state index contributed by atoms with van der Waals surface area (Å²) in [6, 6.07) is 8.53. The highest BCUT2D eigenvalue weighted by atomic mass is 32.2. The van der Waals surface area contributed by atoms with Crippen LogP contribution >= 0.6 is 0 Å². The minimum atomic E-state index is -2.04. The summed E-state index contributed by atoms with van der Waals surface area (Å²) in [6.07, 6.45) is 0. The lowest BCUT2D eigenvalue weighted by Gasteiger charge is -2.10. The Kier molecular flexibility index (Phi) is 2.08. The molecule has 0 aromatic heterocycles. The summed E-state index contributed by atoms with van der Waals surface area (Å²) in [7, 11) is 1.70. The Hall–Kier alpha value is -1.72. The SMILES string of the molecule is CN1C(=O)c2cccc3c(S(=O)O)ccc1c23. The van der Waals surface area contributed by atoms with Crippen molar-refractivity contribution in [2.24, 2.45) is 0 Å². The fraction of sp³-hybridized carbons (Fsp3) is 0.0833. The average Bonchev–Trinajstić information content (AvgIpc) is 2.57. The van der Waals surface area contributed by atoms with E-state index in [-0.39, 0.29) is 5.91 Å². The smallest absolute Gasteiger partial charge is 0.258 e. The third-order valence-electron chi connectivity index (χ3n) is 3.06. The second kappa shape index (κ2) is 3.38. The van der Waals surface area contributed by atoms with Gasteiger partial charge in [-0.05, 0) is 18.2 Å². The van der Waals surface area contributed by atoms with Crippen LogP contribution in [-0.2, 0) is 11.1 Å². The zero-order chi connectivity index (χ0) is 12.2. The molecule has 0 bridgehead atoms. The summed E-state index contributed by atoms with van der Waals surface area (Å²) in [5.74, 6) is -0.0773. The maximum Gasteiger partial charge on any atom is 0.258 e. The highest BCUT2D eigenvalue weighted by Gasteiger charge is 2.28. The molecule has 3 rings (SSSR count). The highest BCUT2D eigenvalue weighted by Crippen LogP contribution is 2.38. The van der Waals surface area contributed by atoms with E-state index in [9.17, 15) is 13.6 Å². The van der Waals surface area contributed by atoms with E-state index in [2.05, 4.69) is 0 Å². The molecule has 1 unspecified atom stereocenters. The van der Waals surface area contributed by atoms with E-state index >= 15 is 0 Å². The number of carbonyl (C=O) groups is 1. The Labute approximate surface area is 100 Å². The first kappa shape index (κ1) is 10.4. The van der Waals surface area contributed by atoms with Crippen molar-refractivity contribution in [1.82, 2.24) is 0 Å². The van der Waals surface area contributed by atoms with Gasteiger partial charge >= 0.3 is 0 Å². The van der Waals surface area contributed by atoms with Gasteiger partial charge in [0.1, 0.15) is 0 Å². The molecule has 0 radical (unpaired) electrons. The van der Waals surface area contributed by atoms with Gasteiger partial charge in [-0.25, -0.2) is 4.21 Å². The minimum absolute atomic E-state index is 0.0773. The van der Waals surface area contributed by atoms with Crippen molar-refractivity contribution in [3.05, 3.63) is 35.9 Å². The number of hydrogen-bond acceptors (Lipinski definition) is 2. The first-order chi connectivity index (χ1) is 8.11. The lowest BCUT2D eigenvalue weighted by Crippen LogP contribution is -2.20. The third kappa shape index (κ3) is 1.26. The Bertz CT molecular complexity index is 681. The van der Waals surface area contributed by atoms with Crippen LogP contribution in [0, 0.1) is 0 Å². The molecule has 2 aromatic rings. The molecule has 0 spiro atoms. The molecule has 0 fully saturated rings. The molecule has 4 nitrogen and oxygen atoms in total. The zero-order valence-corrected chi connectivity index (χ0v) is 9.82. The maximum absolute atomic E-state index is 11.9. The molecule has 0 saturated heterocycles. The quantitative estimate of drug-likeness (QED) is 0.784. The predicted molar refractivity (Wildman–Crippen MR) is 65.7 cm³/mol. The van der Waals surface area contributed by atoms with Crippen molar-refractivity contribution in [2.45, 2.75) is 4.90 Å². The van der Waals surface area contributed by atoms with Gasteiger partial charge in [0.15, 0.2) is 11.1 Å². The van der Waals surface area contributed by atoms with Crippen molar-refractivity contribution in [3.63, 3.8) is 0 Å². The van der Waals surface area contributed by atoms with Gasteiger partial charge in [0.05, 0.1) is 10.6 Å². The fourth-order valence-corrected chi connectivity index (χ4v) is 2.80. The van der Waals surface area contributed by atoms with Crippen LogP contribution in [0.1, 0.15) is 10.4 Å². The van der Waals surface area contributed by atoms with Crippen molar-refractivity contribution in [3.8, 4) is 0 Å². The van der Waals surface area contributed by atoms with E-state index in [1.807, 2.05) is 0 Å². The molecule has 0 aliphatic carbocycles. The monoisotopic (exact) mass is 247 g/mol. The molecule has 1 amide bonds. The molecule has 1 atom stereocenters. The van der Waals surface area contributed by atoms with E-state index < -0.39 is 11.1 Å². The van der Waals surface area contributed by atoms with Gasteiger partial charge in [0.2, 0.25) is 0 Å².